The molecule has 0 rings (SSSR count). The normalized spacial score (nSPS) is 12.9. The van der Waals surface area contributed by atoms with Crippen LogP contribution in [-0.2, 0) is 14.6 Å². The maximum Gasteiger partial charge on any atom is 0.311 e. The van der Waals surface area contributed by atoms with Crippen molar-refractivity contribution in [2.75, 3.05) is 6.61 Å². The summed E-state index contributed by atoms with van der Waals surface area (Å²) < 4.78 is 0. The zero-order chi connectivity index (χ0) is 11.4. The Morgan fingerprint density at radius 2 is 1.79 bits per heavy atom. The van der Waals surface area contributed by atoms with Crippen LogP contribution in [0.15, 0.2) is 0 Å². The summed E-state index contributed by atoms with van der Waals surface area (Å²) in [7, 11) is 0. The van der Waals surface area contributed by atoms with Crippen LogP contribution in [0.1, 0.15) is 41.0 Å². The fourth-order valence-corrected chi connectivity index (χ4v) is 0.457. The highest BCUT2D eigenvalue weighted by atomic mass is 17.2. The van der Waals surface area contributed by atoms with Crippen molar-refractivity contribution in [2.24, 2.45) is 5.41 Å². The van der Waals surface area contributed by atoms with E-state index < -0.39 is 11.4 Å². The summed E-state index contributed by atoms with van der Waals surface area (Å²) in [6, 6.07) is 0. The molecule has 0 saturated carbocycles. The van der Waals surface area contributed by atoms with Crippen LogP contribution >= 0.6 is 0 Å². The summed E-state index contributed by atoms with van der Waals surface area (Å²) in [5.41, 5.74) is -1.28. The smallest absolute Gasteiger partial charge is 0.311 e. The van der Waals surface area contributed by atoms with Gasteiger partial charge in [0, 0.05) is 0 Å². The number of carbonyl (C=O) groups is 1. The third kappa shape index (κ3) is 4.58. The third-order valence-corrected chi connectivity index (χ3v) is 2.13. The molecule has 84 valence electrons. The molecule has 0 spiro atoms. The van der Waals surface area contributed by atoms with Crippen molar-refractivity contribution in [1.29, 1.82) is 0 Å². The van der Waals surface area contributed by atoms with Gasteiger partial charge in [-0.3, -0.25) is 4.79 Å². The third-order valence-electron chi connectivity index (χ3n) is 2.13. The lowest BCUT2D eigenvalue weighted by atomic mass is 9.96. The molecule has 0 atom stereocenters. The van der Waals surface area contributed by atoms with Gasteiger partial charge in [-0.2, -0.15) is 0 Å². The fourth-order valence-electron chi connectivity index (χ4n) is 0.457. The van der Waals surface area contributed by atoms with E-state index in [0.29, 0.717) is 0 Å². The van der Waals surface area contributed by atoms with Crippen molar-refractivity contribution >= 4 is 5.97 Å². The van der Waals surface area contributed by atoms with Gasteiger partial charge in [-0.25, -0.2) is 9.78 Å². The van der Waals surface area contributed by atoms with Gasteiger partial charge in [0.25, 0.3) is 0 Å². The summed E-state index contributed by atoms with van der Waals surface area (Å²) in [5.74, 6) is -0.893. The largest absolute Gasteiger partial charge is 0.481 e. The van der Waals surface area contributed by atoms with Crippen LogP contribution < -0.4 is 0 Å². The van der Waals surface area contributed by atoms with E-state index in [-0.39, 0.29) is 12.2 Å². The van der Waals surface area contributed by atoms with Crippen LogP contribution in [0.25, 0.3) is 0 Å². The standard InChI is InChI=1S/C10H20O4/c1-6-10(4,5)14-13-7-9(2,3)8(11)12/h6-7H2,1-5H3,(H,11,12). The Labute approximate surface area is 85.1 Å². The first-order valence-corrected chi connectivity index (χ1v) is 4.75. The lowest BCUT2D eigenvalue weighted by molar-refractivity contribution is -0.362. The maximum atomic E-state index is 10.7. The summed E-state index contributed by atoms with van der Waals surface area (Å²) in [6.07, 6.45) is 0.806. The van der Waals surface area contributed by atoms with Gasteiger partial charge < -0.3 is 5.11 Å². The topological polar surface area (TPSA) is 55.8 Å². The SMILES string of the molecule is CCC(C)(C)OOCC(C)(C)C(=O)O. The Kier molecular flexibility index (Phi) is 4.55. The molecule has 0 fully saturated rings. The van der Waals surface area contributed by atoms with Gasteiger partial charge in [-0.15, -0.1) is 0 Å². The molecular formula is C10H20O4. The van der Waals surface area contributed by atoms with E-state index in [0.717, 1.165) is 6.42 Å². The highest BCUT2D eigenvalue weighted by Gasteiger charge is 2.29. The molecule has 0 aliphatic heterocycles. The van der Waals surface area contributed by atoms with Crippen molar-refractivity contribution in [3.8, 4) is 0 Å². The first kappa shape index (κ1) is 13.4. The molecule has 0 bridgehead atoms. The van der Waals surface area contributed by atoms with Gasteiger partial charge in [0.2, 0.25) is 0 Å². The molecule has 0 aromatic carbocycles. The first-order chi connectivity index (χ1) is 6.21. The van der Waals surface area contributed by atoms with E-state index in [4.69, 9.17) is 14.9 Å². The molecule has 0 aromatic rings. The van der Waals surface area contributed by atoms with Gasteiger partial charge >= 0.3 is 5.97 Å². The number of hydrogen-bond acceptors (Lipinski definition) is 3. The minimum absolute atomic E-state index is 0.0474. The number of hydrogen-bond donors (Lipinski definition) is 1. The minimum atomic E-state index is -0.913. The second-order valence-electron chi connectivity index (χ2n) is 4.65. The molecule has 1 N–H and O–H groups in total. The lowest BCUT2D eigenvalue weighted by Gasteiger charge is -2.24. The molecule has 0 aliphatic rings. The Hall–Kier alpha value is -0.610. The zero-order valence-corrected chi connectivity index (χ0v) is 9.59. The summed E-state index contributed by atoms with van der Waals surface area (Å²) in [6.45, 7) is 8.99. The summed E-state index contributed by atoms with van der Waals surface area (Å²) >= 11 is 0. The number of rotatable bonds is 6. The molecule has 4 nitrogen and oxygen atoms in total. The van der Waals surface area contributed by atoms with Crippen LogP contribution in [0.5, 0.6) is 0 Å². The first-order valence-electron chi connectivity index (χ1n) is 4.75. The molecular weight excluding hydrogens is 184 g/mol. The Balaban J connectivity index is 3.91. The average molecular weight is 204 g/mol. The highest BCUT2D eigenvalue weighted by molar-refractivity contribution is 5.73. The van der Waals surface area contributed by atoms with Crippen molar-refractivity contribution in [3.63, 3.8) is 0 Å². The predicted octanol–water partition coefficient (Wildman–Crippen LogP) is 2.23. The molecule has 0 saturated heterocycles. The van der Waals surface area contributed by atoms with Crippen molar-refractivity contribution < 1.29 is 19.7 Å². The molecule has 0 amide bonds. The zero-order valence-electron chi connectivity index (χ0n) is 9.59. The van der Waals surface area contributed by atoms with Crippen LogP contribution in [0.4, 0.5) is 0 Å². The molecule has 0 aromatic heterocycles. The second kappa shape index (κ2) is 4.75. The van der Waals surface area contributed by atoms with Crippen molar-refractivity contribution in [1.82, 2.24) is 0 Å². The molecule has 0 aliphatic carbocycles. The van der Waals surface area contributed by atoms with E-state index in [1.54, 1.807) is 13.8 Å². The lowest BCUT2D eigenvalue weighted by Crippen LogP contribution is -2.32. The molecule has 0 unspecified atom stereocenters. The molecule has 14 heavy (non-hydrogen) atoms. The van der Waals surface area contributed by atoms with Gasteiger partial charge in [0.15, 0.2) is 0 Å². The van der Waals surface area contributed by atoms with E-state index in [1.165, 1.54) is 0 Å². The number of carboxylic acid groups (broad SMARTS) is 1. The van der Waals surface area contributed by atoms with Crippen LogP contribution in [0, 0.1) is 5.41 Å². The van der Waals surface area contributed by atoms with Gasteiger partial charge in [0.05, 0.1) is 17.6 Å². The van der Waals surface area contributed by atoms with E-state index in [2.05, 4.69) is 0 Å². The maximum absolute atomic E-state index is 10.7. The van der Waals surface area contributed by atoms with Crippen molar-refractivity contribution in [2.45, 2.75) is 46.6 Å². The quantitative estimate of drug-likeness (QED) is 0.532. The molecule has 0 heterocycles. The van der Waals surface area contributed by atoms with Gasteiger partial charge in [-0.05, 0) is 34.1 Å². The second-order valence-corrected chi connectivity index (χ2v) is 4.65. The van der Waals surface area contributed by atoms with Gasteiger partial charge in [-0.1, -0.05) is 6.92 Å². The van der Waals surface area contributed by atoms with Crippen LogP contribution in [0.3, 0.4) is 0 Å². The number of aliphatic carboxylic acids is 1. The summed E-state index contributed by atoms with van der Waals surface area (Å²) in [4.78, 5) is 20.7. The van der Waals surface area contributed by atoms with E-state index in [9.17, 15) is 4.79 Å². The van der Waals surface area contributed by atoms with Crippen LogP contribution in [-0.4, -0.2) is 23.3 Å². The van der Waals surface area contributed by atoms with Crippen molar-refractivity contribution in [3.05, 3.63) is 0 Å². The predicted molar refractivity (Wildman–Crippen MR) is 52.8 cm³/mol. The van der Waals surface area contributed by atoms with Gasteiger partial charge in [0.1, 0.15) is 0 Å². The summed E-state index contributed by atoms with van der Waals surface area (Å²) in [5, 5.41) is 8.79. The highest BCUT2D eigenvalue weighted by Crippen LogP contribution is 2.19. The van der Waals surface area contributed by atoms with E-state index >= 15 is 0 Å². The fraction of sp³-hybridized carbons (Fsp3) is 0.900. The van der Waals surface area contributed by atoms with Crippen LogP contribution in [0.2, 0.25) is 0 Å². The Bertz CT molecular complexity index is 196. The van der Waals surface area contributed by atoms with E-state index in [1.807, 2.05) is 20.8 Å². The monoisotopic (exact) mass is 204 g/mol. The molecule has 4 heteroatoms. The minimum Gasteiger partial charge on any atom is -0.481 e. The average Bonchev–Trinajstić information content (AvgIpc) is 2.03. The number of carboxylic acids is 1. The Morgan fingerprint density at radius 1 is 1.29 bits per heavy atom. The Morgan fingerprint density at radius 3 is 2.14 bits per heavy atom. The molecule has 0 radical (unpaired) electrons.